The number of nitrogens with zero attached hydrogens (tertiary/aromatic N) is 2. The van der Waals surface area contributed by atoms with Crippen LogP contribution in [0.1, 0.15) is 34.6 Å². The summed E-state index contributed by atoms with van der Waals surface area (Å²) in [4.78, 5) is 32.6. The Morgan fingerprint density at radius 3 is 1.92 bits per heavy atom. The van der Waals surface area contributed by atoms with Gasteiger partial charge in [0.25, 0.3) is 5.91 Å². The Morgan fingerprint density at radius 1 is 0.658 bits per heavy atom. The Balaban J connectivity index is 0.00000164. The predicted octanol–water partition coefficient (Wildman–Crippen LogP) is 6.49. The van der Waals surface area contributed by atoms with Crippen LogP contribution in [0.3, 0.4) is 0 Å². The van der Waals surface area contributed by atoms with Gasteiger partial charge in [-0.05, 0) is 84.9 Å². The van der Waals surface area contributed by atoms with Gasteiger partial charge in [-0.25, -0.2) is 0 Å². The van der Waals surface area contributed by atoms with Gasteiger partial charge in [0, 0.05) is 63.5 Å². The molecule has 5 N–H and O–H groups in total. The average molecular weight is 505 g/mol. The zero-order chi connectivity index (χ0) is 26.9. The first kappa shape index (κ1) is 25.8. The van der Waals surface area contributed by atoms with E-state index in [9.17, 15) is 9.59 Å². The highest BCUT2D eigenvalue weighted by Crippen LogP contribution is 2.26. The fourth-order valence-electron chi connectivity index (χ4n) is 3.71. The molecule has 5 aromatic rings. The largest absolute Gasteiger partial charge is 0.366 e. The van der Waals surface area contributed by atoms with E-state index in [1.807, 2.05) is 68.4 Å². The molecule has 0 bridgehead atoms. The van der Waals surface area contributed by atoms with Gasteiger partial charge in [0.2, 0.25) is 5.91 Å². The van der Waals surface area contributed by atoms with E-state index in [1.54, 1.807) is 48.9 Å². The predicted molar refractivity (Wildman–Crippen MR) is 153 cm³/mol. The maximum Gasteiger partial charge on any atom is 0.255 e. The van der Waals surface area contributed by atoms with Crippen molar-refractivity contribution < 1.29 is 9.59 Å². The fraction of sp³-hybridized carbons (Fsp3) is 0.0667. The lowest BCUT2D eigenvalue weighted by atomic mass is 10.1. The Kier molecular flexibility index (Phi) is 8.25. The third-order valence-electron chi connectivity index (χ3n) is 5.56. The Bertz CT molecular complexity index is 1540. The quantitative estimate of drug-likeness (QED) is 0.201. The lowest BCUT2D eigenvalue weighted by molar-refractivity contribution is 0.0997. The van der Waals surface area contributed by atoms with Crippen LogP contribution in [0.5, 0.6) is 0 Å². The number of carbonyl (C=O) groups is 2. The normalized spacial score (nSPS) is 10.2. The van der Waals surface area contributed by atoms with Crippen molar-refractivity contribution in [1.82, 2.24) is 9.97 Å². The molecule has 0 aliphatic heterocycles. The lowest BCUT2D eigenvalue weighted by Gasteiger charge is -2.11. The zero-order valence-electron chi connectivity index (χ0n) is 21.1. The number of fused-ring (bicyclic) bond motifs is 1. The van der Waals surface area contributed by atoms with Crippen molar-refractivity contribution >= 4 is 51.2 Å². The molecule has 2 aromatic heterocycles. The number of nitrogens with one attached hydrogen (secondary N) is 3. The summed E-state index contributed by atoms with van der Waals surface area (Å²) in [7, 11) is 0. The van der Waals surface area contributed by atoms with Gasteiger partial charge in [-0.2, -0.15) is 0 Å². The molecule has 0 aliphatic rings. The van der Waals surface area contributed by atoms with Crippen LogP contribution >= 0.6 is 0 Å². The van der Waals surface area contributed by atoms with Crippen LogP contribution < -0.4 is 21.7 Å². The molecule has 8 heteroatoms. The van der Waals surface area contributed by atoms with Crippen LogP contribution in [-0.2, 0) is 0 Å². The van der Waals surface area contributed by atoms with Gasteiger partial charge in [-0.15, -0.1) is 0 Å². The summed E-state index contributed by atoms with van der Waals surface area (Å²) in [6.45, 7) is 4.00. The first-order valence-corrected chi connectivity index (χ1v) is 12.2. The summed E-state index contributed by atoms with van der Waals surface area (Å²) in [5.74, 6) is -0.710. The van der Waals surface area contributed by atoms with Gasteiger partial charge < -0.3 is 21.7 Å². The van der Waals surface area contributed by atoms with E-state index in [0.717, 1.165) is 33.7 Å². The molecule has 0 atom stereocenters. The van der Waals surface area contributed by atoms with Crippen LogP contribution in [0.15, 0.2) is 104 Å². The molecule has 5 rings (SSSR count). The molecule has 2 amide bonds. The van der Waals surface area contributed by atoms with Gasteiger partial charge in [0.15, 0.2) is 0 Å². The van der Waals surface area contributed by atoms with Crippen molar-refractivity contribution in [3.63, 3.8) is 0 Å². The van der Waals surface area contributed by atoms with Crippen molar-refractivity contribution in [2.24, 2.45) is 5.73 Å². The summed E-state index contributed by atoms with van der Waals surface area (Å²) in [6.07, 6.45) is 5.13. The van der Waals surface area contributed by atoms with Crippen molar-refractivity contribution in [2.75, 3.05) is 16.0 Å². The third kappa shape index (κ3) is 6.30. The number of hydrogen-bond donors (Lipinski definition) is 4. The maximum atomic E-state index is 12.7. The third-order valence-corrected chi connectivity index (χ3v) is 5.56. The standard InChI is InChI=1S/C28H22N6O2.C2H6/c29-27(35)19-3-10-25-24(17-19)26(13-16-31-25)33-21-4-1-18(2-5-21)28(36)34-22-8-6-20(7-9-22)32-23-11-14-30-15-12-23;1-2/h1-17H,(H2,29,35)(H,30,32)(H,31,33)(H,34,36);1-2H3. The average Bonchev–Trinajstić information content (AvgIpc) is 2.96. The van der Waals surface area contributed by atoms with E-state index in [-0.39, 0.29) is 5.91 Å². The van der Waals surface area contributed by atoms with Crippen LogP contribution in [-0.4, -0.2) is 21.8 Å². The minimum atomic E-state index is -0.498. The second-order valence-electron chi connectivity index (χ2n) is 8.05. The van der Waals surface area contributed by atoms with Crippen LogP contribution in [0, 0.1) is 0 Å². The van der Waals surface area contributed by atoms with Crippen LogP contribution in [0.25, 0.3) is 10.9 Å². The molecule has 2 heterocycles. The minimum Gasteiger partial charge on any atom is -0.366 e. The smallest absolute Gasteiger partial charge is 0.255 e. The number of hydrogen-bond acceptors (Lipinski definition) is 6. The topological polar surface area (TPSA) is 122 Å². The van der Waals surface area contributed by atoms with E-state index in [4.69, 9.17) is 5.73 Å². The van der Waals surface area contributed by atoms with Crippen molar-refractivity contribution in [1.29, 1.82) is 0 Å². The van der Waals surface area contributed by atoms with Crippen LogP contribution in [0.2, 0.25) is 0 Å². The highest BCUT2D eigenvalue weighted by Gasteiger charge is 2.09. The number of rotatable bonds is 7. The number of benzene rings is 3. The second kappa shape index (κ2) is 12.1. The molecule has 0 radical (unpaired) electrons. The van der Waals surface area contributed by atoms with Crippen molar-refractivity contribution in [3.05, 3.63) is 115 Å². The summed E-state index contributed by atoms with van der Waals surface area (Å²) in [6, 6.07) is 25.3. The molecular formula is C30H28N6O2. The van der Waals surface area contributed by atoms with Crippen molar-refractivity contribution in [3.8, 4) is 0 Å². The summed E-state index contributed by atoms with van der Waals surface area (Å²) in [5, 5.41) is 10.3. The van der Waals surface area contributed by atoms with Crippen molar-refractivity contribution in [2.45, 2.75) is 13.8 Å². The highest BCUT2D eigenvalue weighted by molar-refractivity contribution is 6.05. The summed E-state index contributed by atoms with van der Waals surface area (Å²) < 4.78 is 0. The first-order chi connectivity index (χ1) is 18.5. The Morgan fingerprint density at radius 2 is 1.24 bits per heavy atom. The van der Waals surface area contributed by atoms with E-state index in [2.05, 4.69) is 25.9 Å². The van der Waals surface area contributed by atoms with E-state index >= 15 is 0 Å². The minimum absolute atomic E-state index is 0.211. The molecule has 0 fully saturated rings. The van der Waals surface area contributed by atoms with Gasteiger partial charge in [-0.3, -0.25) is 19.6 Å². The molecule has 0 saturated carbocycles. The highest BCUT2D eigenvalue weighted by atomic mass is 16.2. The van der Waals surface area contributed by atoms with E-state index in [0.29, 0.717) is 16.8 Å². The fourth-order valence-corrected chi connectivity index (χ4v) is 3.71. The second-order valence-corrected chi connectivity index (χ2v) is 8.05. The molecule has 0 saturated heterocycles. The molecule has 0 aliphatic carbocycles. The van der Waals surface area contributed by atoms with Gasteiger partial charge in [0.05, 0.1) is 5.52 Å². The molecule has 3 aromatic carbocycles. The number of pyridine rings is 2. The number of aromatic nitrogens is 2. The number of anilines is 5. The number of primary amides is 1. The molecule has 8 nitrogen and oxygen atoms in total. The monoisotopic (exact) mass is 504 g/mol. The zero-order valence-corrected chi connectivity index (χ0v) is 21.1. The van der Waals surface area contributed by atoms with Gasteiger partial charge >= 0.3 is 0 Å². The van der Waals surface area contributed by atoms with E-state index in [1.165, 1.54) is 0 Å². The number of amides is 2. The number of nitrogens with two attached hydrogens (primary N) is 1. The molecular weight excluding hydrogens is 476 g/mol. The molecule has 190 valence electrons. The Labute approximate surface area is 221 Å². The molecule has 0 unspecified atom stereocenters. The van der Waals surface area contributed by atoms with Crippen LogP contribution in [0.4, 0.5) is 28.4 Å². The molecule has 0 spiro atoms. The number of carbonyl (C=O) groups excluding carboxylic acids is 2. The van der Waals surface area contributed by atoms with Gasteiger partial charge in [-0.1, -0.05) is 13.8 Å². The summed E-state index contributed by atoms with van der Waals surface area (Å²) >= 11 is 0. The first-order valence-electron chi connectivity index (χ1n) is 12.2. The SMILES string of the molecule is CC.NC(=O)c1ccc2nccc(Nc3ccc(C(=O)Nc4ccc(Nc5ccncc5)cc4)cc3)c2c1. The maximum absolute atomic E-state index is 12.7. The van der Waals surface area contributed by atoms with E-state index < -0.39 is 5.91 Å². The van der Waals surface area contributed by atoms with Gasteiger partial charge in [0.1, 0.15) is 0 Å². The molecule has 38 heavy (non-hydrogen) atoms. The lowest BCUT2D eigenvalue weighted by Crippen LogP contribution is -2.11. The Hall–Kier alpha value is -5.24. The summed E-state index contributed by atoms with van der Waals surface area (Å²) in [5.41, 5.74) is 11.2.